The summed E-state index contributed by atoms with van der Waals surface area (Å²) in [6, 6.07) is 3.73. The molecular weight excluding hydrogens is 178 g/mol. The Morgan fingerprint density at radius 3 is 2.79 bits per heavy atom. The lowest BCUT2D eigenvalue weighted by Gasteiger charge is -2.08. The number of anilines is 1. The first-order valence-electron chi connectivity index (χ1n) is 4.27. The average molecular weight is 191 g/mol. The smallest absolute Gasteiger partial charge is 0.0511 e. The fourth-order valence-electron chi connectivity index (χ4n) is 1.28. The first-order chi connectivity index (χ1) is 6.69. The Morgan fingerprint density at radius 2 is 2.21 bits per heavy atom. The molecule has 0 saturated heterocycles. The van der Waals surface area contributed by atoms with Crippen molar-refractivity contribution in [1.82, 2.24) is 0 Å². The van der Waals surface area contributed by atoms with Crippen LogP contribution in [0.1, 0.15) is 16.7 Å². The molecule has 0 atom stereocenters. The van der Waals surface area contributed by atoms with E-state index in [1.54, 1.807) is 0 Å². The second-order valence-electron chi connectivity index (χ2n) is 3.06. The molecule has 5 nitrogen and oxygen atoms in total. The quantitative estimate of drug-likeness (QED) is 0.329. The molecule has 0 aliphatic rings. The van der Waals surface area contributed by atoms with E-state index in [-0.39, 0.29) is 0 Å². The zero-order valence-corrected chi connectivity index (χ0v) is 8.07. The van der Waals surface area contributed by atoms with Gasteiger partial charge in [-0.2, -0.15) is 0 Å². The van der Waals surface area contributed by atoms with Crippen molar-refractivity contribution in [3.05, 3.63) is 39.3 Å². The molecule has 5 heteroatoms. The third-order valence-corrected chi connectivity index (χ3v) is 2.15. The molecule has 0 heterocycles. The number of nitrogens with zero attached hydrogens (tertiary/aromatic N) is 3. The Bertz CT molecular complexity index is 379. The largest absolute Gasteiger partial charge is 0.398 e. The number of rotatable bonds is 3. The molecule has 1 aromatic carbocycles. The van der Waals surface area contributed by atoms with E-state index in [1.807, 2.05) is 19.1 Å². The van der Waals surface area contributed by atoms with Gasteiger partial charge < -0.3 is 11.5 Å². The summed E-state index contributed by atoms with van der Waals surface area (Å²) in [5.41, 5.74) is 23.1. The molecule has 0 unspecified atom stereocenters. The van der Waals surface area contributed by atoms with Gasteiger partial charge in [-0.05, 0) is 35.2 Å². The first kappa shape index (κ1) is 10.4. The van der Waals surface area contributed by atoms with Gasteiger partial charge in [-0.25, -0.2) is 0 Å². The second-order valence-corrected chi connectivity index (χ2v) is 3.06. The molecule has 0 aliphatic heterocycles. The Balaban J connectivity index is 3.09. The summed E-state index contributed by atoms with van der Waals surface area (Å²) in [6.07, 6.45) is 0. The molecule has 0 saturated carbocycles. The maximum absolute atomic E-state index is 8.18. The minimum atomic E-state index is 0.313. The van der Waals surface area contributed by atoms with Gasteiger partial charge in [0.15, 0.2) is 0 Å². The Hall–Kier alpha value is -1.71. The van der Waals surface area contributed by atoms with Gasteiger partial charge in [-0.3, -0.25) is 0 Å². The molecular formula is C9H13N5. The molecule has 0 aliphatic carbocycles. The topological polar surface area (TPSA) is 101 Å². The van der Waals surface area contributed by atoms with E-state index in [9.17, 15) is 0 Å². The van der Waals surface area contributed by atoms with Crippen molar-refractivity contribution in [3.63, 3.8) is 0 Å². The summed E-state index contributed by atoms with van der Waals surface area (Å²) in [5, 5.41) is 3.47. The standard InChI is InChI=1S/C9H13N5/c1-6-8(4-10)2-7(3-9(6)11)5-13-14-12/h2-3H,4-5,10-11H2,1H3. The number of hydrogen-bond acceptors (Lipinski definition) is 3. The van der Waals surface area contributed by atoms with Gasteiger partial charge in [0, 0.05) is 17.1 Å². The summed E-state index contributed by atoms with van der Waals surface area (Å²) in [7, 11) is 0. The van der Waals surface area contributed by atoms with Crippen LogP contribution in [-0.4, -0.2) is 0 Å². The average Bonchev–Trinajstić information content (AvgIpc) is 2.19. The van der Waals surface area contributed by atoms with E-state index in [1.165, 1.54) is 0 Å². The van der Waals surface area contributed by atoms with E-state index in [4.69, 9.17) is 17.0 Å². The fourth-order valence-corrected chi connectivity index (χ4v) is 1.28. The monoisotopic (exact) mass is 191 g/mol. The van der Waals surface area contributed by atoms with Crippen molar-refractivity contribution in [2.75, 3.05) is 5.73 Å². The molecule has 0 fully saturated rings. The summed E-state index contributed by atoms with van der Waals surface area (Å²) >= 11 is 0. The lowest BCUT2D eigenvalue weighted by molar-refractivity contribution is 1.00. The van der Waals surface area contributed by atoms with Gasteiger partial charge in [-0.15, -0.1) is 0 Å². The molecule has 1 rings (SSSR count). The number of azide groups is 1. The van der Waals surface area contributed by atoms with Crippen LogP contribution < -0.4 is 11.5 Å². The van der Waals surface area contributed by atoms with Crippen LogP contribution in [-0.2, 0) is 13.1 Å². The van der Waals surface area contributed by atoms with Crippen LogP contribution in [0.3, 0.4) is 0 Å². The molecule has 14 heavy (non-hydrogen) atoms. The summed E-state index contributed by atoms with van der Waals surface area (Å²) in [6.45, 7) is 2.68. The first-order valence-corrected chi connectivity index (χ1v) is 4.27. The van der Waals surface area contributed by atoms with Gasteiger partial charge in [0.2, 0.25) is 0 Å². The van der Waals surface area contributed by atoms with Gasteiger partial charge in [0.1, 0.15) is 0 Å². The van der Waals surface area contributed by atoms with Crippen LogP contribution in [0.25, 0.3) is 10.4 Å². The highest BCUT2D eigenvalue weighted by molar-refractivity contribution is 5.52. The lowest BCUT2D eigenvalue weighted by atomic mass is 10.0. The van der Waals surface area contributed by atoms with Crippen molar-refractivity contribution in [1.29, 1.82) is 0 Å². The molecule has 0 amide bonds. The van der Waals surface area contributed by atoms with Crippen LogP contribution in [0.5, 0.6) is 0 Å². The Kier molecular flexibility index (Phi) is 3.34. The second kappa shape index (κ2) is 4.50. The normalized spacial score (nSPS) is 9.57. The van der Waals surface area contributed by atoms with Crippen molar-refractivity contribution in [2.24, 2.45) is 10.8 Å². The summed E-state index contributed by atoms with van der Waals surface area (Å²) < 4.78 is 0. The fraction of sp³-hybridized carbons (Fsp3) is 0.333. The van der Waals surface area contributed by atoms with E-state index in [2.05, 4.69) is 10.0 Å². The van der Waals surface area contributed by atoms with Crippen LogP contribution in [0.15, 0.2) is 17.2 Å². The predicted octanol–water partition coefficient (Wildman–Crippen LogP) is 1.85. The summed E-state index contributed by atoms with van der Waals surface area (Å²) in [5.74, 6) is 0. The zero-order chi connectivity index (χ0) is 10.6. The number of benzene rings is 1. The molecule has 74 valence electrons. The van der Waals surface area contributed by atoms with Crippen molar-refractivity contribution >= 4 is 5.69 Å². The molecule has 0 aromatic heterocycles. The van der Waals surface area contributed by atoms with E-state index < -0.39 is 0 Å². The third-order valence-electron chi connectivity index (χ3n) is 2.15. The lowest BCUT2D eigenvalue weighted by Crippen LogP contribution is -2.03. The highest BCUT2D eigenvalue weighted by Gasteiger charge is 2.02. The van der Waals surface area contributed by atoms with Gasteiger partial charge >= 0.3 is 0 Å². The maximum atomic E-state index is 8.18. The number of nitrogen functional groups attached to an aromatic ring is 1. The van der Waals surface area contributed by atoms with E-state index >= 15 is 0 Å². The predicted molar refractivity (Wildman–Crippen MR) is 56.3 cm³/mol. The maximum Gasteiger partial charge on any atom is 0.0511 e. The molecule has 0 spiro atoms. The minimum Gasteiger partial charge on any atom is -0.398 e. The molecule has 1 aromatic rings. The van der Waals surface area contributed by atoms with E-state index in [0.717, 1.165) is 16.7 Å². The Labute approximate surface area is 82.3 Å². The van der Waals surface area contributed by atoms with Crippen molar-refractivity contribution < 1.29 is 0 Å². The van der Waals surface area contributed by atoms with Crippen molar-refractivity contribution in [2.45, 2.75) is 20.0 Å². The third kappa shape index (κ3) is 2.16. The highest BCUT2D eigenvalue weighted by Crippen LogP contribution is 2.19. The van der Waals surface area contributed by atoms with Crippen LogP contribution >= 0.6 is 0 Å². The highest BCUT2D eigenvalue weighted by atomic mass is 15.1. The Morgan fingerprint density at radius 1 is 1.50 bits per heavy atom. The zero-order valence-electron chi connectivity index (χ0n) is 8.07. The van der Waals surface area contributed by atoms with Crippen molar-refractivity contribution in [3.8, 4) is 0 Å². The molecule has 4 N–H and O–H groups in total. The van der Waals surface area contributed by atoms with Gasteiger partial charge in [-0.1, -0.05) is 11.2 Å². The van der Waals surface area contributed by atoms with Gasteiger partial charge in [0.25, 0.3) is 0 Å². The van der Waals surface area contributed by atoms with Gasteiger partial charge in [0.05, 0.1) is 6.54 Å². The number of nitrogens with two attached hydrogens (primary N) is 2. The van der Waals surface area contributed by atoms with Crippen LogP contribution in [0, 0.1) is 6.92 Å². The van der Waals surface area contributed by atoms with Crippen LogP contribution in [0.2, 0.25) is 0 Å². The summed E-state index contributed by atoms with van der Waals surface area (Å²) in [4.78, 5) is 2.69. The molecule has 0 bridgehead atoms. The van der Waals surface area contributed by atoms with E-state index in [0.29, 0.717) is 18.8 Å². The molecule has 0 radical (unpaired) electrons. The van der Waals surface area contributed by atoms with Crippen LogP contribution in [0.4, 0.5) is 5.69 Å². The SMILES string of the molecule is Cc1c(N)cc(CN=[N+]=[N-])cc1CN. The number of hydrogen-bond donors (Lipinski definition) is 2. The minimum absolute atomic E-state index is 0.313.